The molecule has 2 aromatic carbocycles. The molecule has 3 aliphatic rings. The Balaban J connectivity index is 1.41. The number of ether oxygens (including phenoxy) is 2. The largest absolute Gasteiger partial charge is 0.493 e. The maximum atomic E-state index is 14.5. The molecule has 0 unspecified atom stereocenters. The summed E-state index contributed by atoms with van der Waals surface area (Å²) in [4.78, 5) is 27.3. The van der Waals surface area contributed by atoms with Gasteiger partial charge in [0.25, 0.3) is 0 Å². The minimum absolute atomic E-state index is 0.0379. The van der Waals surface area contributed by atoms with Crippen molar-refractivity contribution in [3.63, 3.8) is 0 Å². The molecule has 0 saturated carbocycles. The van der Waals surface area contributed by atoms with Gasteiger partial charge in [-0.2, -0.15) is 4.31 Å². The topological polar surface area (TPSA) is 105 Å². The molecular weight excluding hydrogens is 580 g/mol. The highest BCUT2D eigenvalue weighted by Crippen LogP contribution is 2.39. The number of sulfonamides is 1. The van der Waals surface area contributed by atoms with Crippen molar-refractivity contribution < 1.29 is 36.3 Å². The molecule has 2 saturated heterocycles. The predicted molar refractivity (Wildman–Crippen MR) is 155 cm³/mol. The first kappa shape index (κ1) is 31.2. The number of fused-ring (bicyclic) bond motifs is 6. The zero-order valence-electron chi connectivity index (χ0n) is 24.6. The van der Waals surface area contributed by atoms with E-state index in [9.17, 15) is 26.8 Å². The highest BCUT2D eigenvalue weighted by atomic mass is 32.2. The highest BCUT2D eigenvalue weighted by molar-refractivity contribution is 7.89. The Morgan fingerprint density at radius 1 is 0.930 bits per heavy atom. The van der Waals surface area contributed by atoms with Gasteiger partial charge in [-0.3, -0.25) is 9.59 Å². The molecule has 9 nitrogen and oxygen atoms in total. The quantitative estimate of drug-likeness (QED) is 0.560. The Bertz CT molecular complexity index is 1450. The summed E-state index contributed by atoms with van der Waals surface area (Å²) < 4.78 is 68.3. The maximum absolute atomic E-state index is 14.5. The molecule has 2 fully saturated rings. The summed E-state index contributed by atoms with van der Waals surface area (Å²) in [5.41, 5.74) is 1.89. The fourth-order valence-corrected chi connectivity index (χ4v) is 8.59. The molecule has 5 rings (SSSR count). The summed E-state index contributed by atoms with van der Waals surface area (Å²) in [6.07, 6.45) is 4.17. The number of hydrogen-bond donors (Lipinski definition) is 1. The van der Waals surface area contributed by atoms with Crippen LogP contribution in [0, 0.1) is 23.5 Å². The van der Waals surface area contributed by atoms with E-state index in [1.807, 2.05) is 17.0 Å². The molecule has 2 aromatic rings. The lowest BCUT2D eigenvalue weighted by Gasteiger charge is -2.50. The Labute approximate surface area is 251 Å². The smallest absolute Gasteiger partial charge is 0.248 e. The van der Waals surface area contributed by atoms with Gasteiger partial charge in [-0.1, -0.05) is 12.1 Å². The van der Waals surface area contributed by atoms with E-state index in [1.165, 1.54) is 4.31 Å². The monoisotopic (exact) mass is 619 g/mol. The molecule has 0 spiro atoms. The van der Waals surface area contributed by atoms with Crippen molar-refractivity contribution in [1.29, 1.82) is 0 Å². The first-order chi connectivity index (χ1) is 20.6. The van der Waals surface area contributed by atoms with Gasteiger partial charge in [-0.25, -0.2) is 17.2 Å². The number of nitrogens with zero attached hydrogens (tertiary/aromatic N) is 2. The number of rotatable bonds is 4. The van der Waals surface area contributed by atoms with E-state index in [0.717, 1.165) is 29.3 Å². The molecule has 3 heterocycles. The second kappa shape index (κ2) is 13.2. The van der Waals surface area contributed by atoms with Gasteiger partial charge >= 0.3 is 0 Å². The molecule has 0 aliphatic carbocycles. The number of aryl methyl sites for hydroxylation is 2. The second-order valence-electron chi connectivity index (χ2n) is 11.7. The normalized spacial score (nSPS) is 24.2. The summed E-state index contributed by atoms with van der Waals surface area (Å²) in [6.45, 7) is 0.971. The van der Waals surface area contributed by atoms with E-state index in [1.54, 1.807) is 14.2 Å². The standard InChI is InChI=1S/C31H39F2N3O6S/c1-41-27-16-20-11-12-29(38)36-18-21-15-23(19-35(17-21)43(39,40)31-24(32)7-3-8-25(31)33)26(36)9-4-10-28(37)34-13-5-6-22(14-20)30(27)42-2/h3,7-8,14,16,21,23,26H,4-6,9-13,15,17-19H2,1-2H3,(H,34,37)/t21-,23-,26-/m0/s1. The van der Waals surface area contributed by atoms with Gasteiger partial charge < -0.3 is 19.7 Å². The van der Waals surface area contributed by atoms with Crippen molar-refractivity contribution in [2.24, 2.45) is 11.8 Å². The van der Waals surface area contributed by atoms with Gasteiger partial charge in [0.15, 0.2) is 16.4 Å². The lowest BCUT2D eigenvalue weighted by Crippen LogP contribution is -2.60. The number of piperidine rings is 2. The van der Waals surface area contributed by atoms with Crippen LogP contribution in [0.1, 0.15) is 49.7 Å². The maximum Gasteiger partial charge on any atom is 0.248 e. The van der Waals surface area contributed by atoms with Crippen LogP contribution >= 0.6 is 0 Å². The molecule has 3 atom stereocenters. The van der Waals surface area contributed by atoms with E-state index < -0.39 is 26.6 Å². The van der Waals surface area contributed by atoms with Crippen LogP contribution < -0.4 is 14.8 Å². The van der Waals surface area contributed by atoms with Crippen molar-refractivity contribution >= 4 is 21.8 Å². The number of nitrogens with one attached hydrogen (secondary N) is 1. The first-order valence-electron chi connectivity index (χ1n) is 14.9. The molecule has 12 heteroatoms. The Kier molecular flexibility index (Phi) is 9.55. The Morgan fingerprint density at radius 2 is 1.70 bits per heavy atom. The van der Waals surface area contributed by atoms with Crippen LogP contribution in [0.2, 0.25) is 0 Å². The summed E-state index contributed by atoms with van der Waals surface area (Å²) in [6, 6.07) is 6.62. The number of carbonyl (C=O) groups excluding carboxylic acids is 2. The van der Waals surface area contributed by atoms with Gasteiger partial charge in [0.2, 0.25) is 21.8 Å². The first-order valence-corrected chi connectivity index (χ1v) is 16.3. The summed E-state index contributed by atoms with van der Waals surface area (Å²) in [5.74, 6) is -1.54. The number of halogens is 2. The van der Waals surface area contributed by atoms with E-state index in [-0.39, 0.29) is 55.6 Å². The fraction of sp³-hybridized carbons (Fsp3) is 0.548. The van der Waals surface area contributed by atoms with Crippen LogP contribution in [-0.4, -0.2) is 75.9 Å². The average molecular weight is 620 g/mol. The van der Waals surface area contributed by atoms with Gasteiger partial charge in [-0.05, 0) is 79.7 Å². The van der Waals surface area contributed by atoms with Gasteiger partial charge in [0, 0.05) is 45.1 Å². The van der Waals surface area contributed by atoms with Crippen LogP contribution in [0.15, 0.2) is 35.2 Å². The summed E-state index contributed by atoms with van der Waals surface area (Å²) >= 11 is 0. The SMILES string of the molecule is COc1cc2cc(c1OC)CCCNC(=O)CCC[C@H]1[C@H]3C[C@H](CN1C(=O)CC2)CN(S(=O)(=O)c1c(F)cccc1F)C3. The van der Waals surface area contributed by atoms with E-state index >= 15 is 0 Å². The predicted octanol–water partition coefficient (Wildman–Crippen LogP) is 3.69. The number of methoxy groups -OCH3 is 2. The number of amides is 2. The molecule has 0 radical (unpaired) electrons. The molecule has 43 heavy (non-hydrogen) atoms. The molecule has 234 valence electrons. The molecule has 1 N–H and O–H groups in total. The number of hydrogen-bond acceptors (Lipinski definition) is 6. The zero-order valence-corrected chi connectivity index (χ0v) is 25.4. The van der Waals surface area contributed by atoms with Crippen LogP contribution in [0.5, 0.6) is 11.5 Å². The van der Waals surface area contributed by atoms with Crippen LogP contribution in [-0.2, 0) is 32.5 Å². The Hall–Kier alpha value is -3.25. The van der Waals surface area contributed by atoms with Gasteiger partial charge in [0.1, 0.15) is 11.6 Å². The average Bonchev–Trinajstić information content (AvgIpc) is 2.97. The number of benzene rings is 2. The van der Waals surface area contributed by atoms with Crippen LogP contribution in [0.25, 0.3) is 0 Å². The minimum Gasteiger partial charge on any atom is -0.493 e. The summed E-state index contributed by atoms with van der Waals surface area (Å²) in [7, 11) is -1.27. The highest BCUT2D eigenvalue weighted by Gasteiger charge is 2.46. The third-order valence-electron chi connectivity index (χ3n) is 8.86. The van der Waals surface area contributed by atoms with Crippen molar-refractivity contribution in [2.45, 2.75) is 62.3 Å². The molecule has 0 aromatic heterocycles. The molecule has 3 aliphatic heterocycles. The molecule has 4 bridgehead atoms. The lowest BCUT2D eigenvalue weighted by molar-refractivity contribution is -0.140. The third kappa shape index (κ3) is 6.64. The summed E-state index contributed by atoms with van der Waals surface area (Å²) in [5, 5.41) is 2.97. The van der Waals surface area contributed by atoms with Crippen LogP contribution in [0.4, 0.5) is 8.78 Å². The third-order valence-corrected chi connectivity index (χ3v) is 10.7. The second-order valence-corrected chi connectivity index (χ2v) is 13.6. The molecular formula is C31H39F2N3O6S. The van der Waals surface area contributed by atoms with E-state index in [4.69, 9.17) is 9.47 Å². The van der Waals surface area contributed by atoms with Crippen molar-refractivity contribution in [3.8, 4) is 11.5 Å². The van der Waals surface area contributed by atoms with E-state index in [2.05, 4.69) is 5.32 Å². The van der Waals surface area contributed by atoms with Crippen molar-refractivity contribution in [1.82, 2.24) is 14.5 Å². The lowest BCUT2D eigenvalue weighted by atomic mass is 9.78. The fourth-order valence-electron chi connectivity index (χ4n) is 6.91. The molecule has 2 amide bonds. The van der Waals surface area contributed by atoms with Gasteiger partial charge in [-0.15, -0.1) is 0 Å². The van der Waals surface area contributed by atoms with Crippen molar-refractivity contribution in [3.05, 3.63) is 53.1 Å². The van der Waals surface area contributed by atoms with E-state index in [0.29, 0.717) is 63.1 Å². The zero-order chi connectivity index (χ0) is 30.7. The number of carbonyl (C=O) groups is 2. The van der Waals surface area contributed by atoms with Gasteiger partial charge in [0.05, 0.1) is 14.2 Å². The van der Waals surface area contributed by atoms with Crippen molar-refractivity contribution in [2.75, 3.05) is 40.4 Å². The van der Waals surface area contributed by atoms with Crippen LogP contribution in [0.3, 0.4) is 0 Å². The Morgan fingerprint density at radius 3 is 2.42 bits per heavy atom. The minimum atomic E-state index is -4.43.